The van der Waals surface area contributed by atoms with Crippen molar-refractivity contribution in [3.8, 4) is 0 Å². The molecule has 0 heterocycles. The van der Waals surface area contributed by atoms with E-state index in [9.17, 15) is 43.2 Å². The molecule has 0 aromatic rings. The number of phosphoric acid groups is 2. The highest BCUT2D eigenvalue weighted by atomic mass is 31.2. The Hall–Kier alpha value is -1.94. The van der Waals surface area contributed by atoms with Gasteiger partial charge in [-0.15, -0.1) is 0 Å². The molecule has 0 aliphatic carbocycles. The average molecular weight is 1490 g/mol. The van der Waals surface area contributed by atoms with Crippen LogP contribution >= 0.6 is 15.6 Å². The third-order valence-electron chi connectivity index (χ3n) is 19.5. The van der Waals surface area contributed by atoms with E-state index in [-0.39, 0.29) is 25.7 Å². The summed E-state index contributed by atoms with van der Waals surface area (Å²) in [5, 5.41) is 10.7. The highest BCUT2D eigenvalue weighted by molar-refractivity contribution is 7.47. The zero-order chi connectivity index (χ0) is 74.9. The molecule has 0 fully saturated rings. The first-order valence-electron chi connectivity index (χ1n) is 43.0. The molecule has 0 spiro atoms. The molecule has 0 saturated carbocycles. The van der Waals surface area contributed by atoms with Crippen LogP contribution in [0.15, 0.2) is 0 Å². The van der Waals surface area contributed by atoms with Gasteiger partial charge in [-0.05, 0) is 37.5 Å². The van der Waals surface area contributed by atoms with Crippen LogP contribution in [0.25, 0.3) is 0 Å². The molecule has 3 N–H and O–H groups in total. The van der Waals surface area contributed by atoms with Crippen molar-refractivity contribution in [1.82, 2.24) is 0 Å². The SMILES string of the molecule is CCCCCCCCCCCCCCCCCCC(=O)OC[C@H](COP(=O)(O)OC[C@@H](O)COP(=O)(O)OC[C@@H](COC(=O)CCCCCCCCCCCC(C)C)OC(=O)CCCCCCCCCCCCCCCCCC)OC(=O)CCCCCCCCCCCCCCCCCC(C)C. The number of carbonyl (C=O) groups is 4. The fourth-order valence-corrected chi connectivity index (χ4v) is 14.5. The smallest absolute Gasteiger partial charge is 0.462 e. The number of rotatable bonds is 82. The van der Waals surface area contributed by atoms with Gasteiger partial charge in [-0.25, -0.2) is 9.13 Å². The lowest BCUT2D eigenvalue weighted by atomic mass is 10.0. The Morgan fingerprint density at radius 1 is 0.265 bits per heavy atom. The lowest BCUT2D eigenvalue weighted by Gasteiger charge is -2.21. The Balaban J connectivity index is 5.26. The number of esters is 4. The maximum absolute atomic E-state index is 13.1. The van der Waals surface area contributed by atoms with Gasteiger partial charge in [0.05, 0.1) is 26.4 Å². The third kappa shape index (κ3) is 76.3. The summed E-state index contributed by atoms with van der Waals surface area (Å²) in [7, 11) is -9.92. The van der Waals surface area contributed by atoms with Crippen LogP contribution in [0.1, 0.15) is 440 Å². The predicted octanol–water partition coefficient (Wildman–Crippen LogP) is 25.1. The lowest BCUT2D eigenvalue weighted by Crippen LogP contribution is -2.30. The van der Waals surface area contributed by atoms with Gasteiger partial charge < -0.3 is 33.8 Å². The van der Waals surface area contributed by atoms with Crippen LogP contribution in [0, 0.1) is 11.8 Å². The minimum absolute atomic E-state index is 0.108. The van der Waals surface area contributed by atoms with Gasteiger partial charge >= 0.3 is 39.5 Å². The van der Waals surface area contributed by atoms with E-state index in [4.69, 9.17) is 37.0 Å². The maximum Gasteiger partial charge on any atom is 0.472 e. The highest BCUT2D eigenvalue weighted by Crippen LogP contribution is 2.45. The monoisotopic (exact) mass is 1490 g/mol. The molecule has 2 unspecified atom stereocenters. The number of aliphatic hydroxyl groups excluding tert-OH is 1. The van der Waals surface area contributed by atoms with E-state index in [1.807, 2.05) is 0 Å². The van der Waals surface area contributed by atoms with E-state index in [1.165, 1.54) is 257 Å². The molecule has 0 aromatic carbocycles. The van der Waals surface area contributed by atoms with Gasteiger partial charge in [0, 0.05) is 25.7 Å². The number of ether oxygens (including phenoxy) is 4. The molecule has 19 heteroatoms. The van der Waals surface area contributed by atoms with Crippen molar-refractivity contribution in [1.29, 1.82) is 0 Å². The van der Waals surface area contributed by atoms with Crippen molar-refractivity contribution in [3.63, 3.8) is 0 Å². The number of aliphatic hydroxyl groups is 1. The molecular formula is C83H162O17P2. The Morgan fingerprint density at radius 3 is 0.667 bits per heavy atom. The van der Waals surface area contributed by atoms with Gasteiger partial charge in [0.1, 0.15) is 19.3 Å². The summed E-state index contributed by atoms with van der Waals surface area (Å²) in [4.78, 5) is 73.2. The molecule has 0 saturated heterocycles. The summed E-state index contributed by atoms with van der Waals surface area (Å²) in [6, 6.07) is 0. The van der Waals surface area contributed by atoms with Crippen LogP contribution in [0.2, 0.25) is 0 Å². The topological polar surface area (TPSA) is 237 Å². The van der Waals surface area contributed by atoms with Crippen molar-refractivity contribution in [2.45, 2.75) is 458 Å². The van der Waals surface area contributed by atoms with E-state index >= 15 is 0 Å². The van der Waals surface area contributed by atoms with E-state index in [2.05, 4.69) is 41.5 Å². The Kier molecular flexibility index (Phi) is 73.1. The minimum atomic E-state index is -4.96. The van der Waals surface area contributed by atoms with Crippen molar-refractivity contribution in [2.75, 3.05) is 39.6 Å². The third-order valence-corrected chi connectivity index (χ3v) is 21.4. The molecule has 0 bridgehead atoms. The molecule has 0 amide bonds. The van der Waals surface area contributed by atoms with E-state index in [0.717, 1.165) is 102 Å². The van der Waals surface area contributed by atoms with Gasteiger partial charge in [0.25, 0.3) is 0 Å². The first kappa shape index (κ1) is 100. The summed E-state index contributed by atoms with van der Waals surface area (Å²) in [5.41, 5.74) is 0. The molecule has 0 rings (SSSR count). The zero-order valence-electron chi connectivity index (χ0n) is 66.9. The van der Waals surface area contributed by atoms with E-state index in [1.54, 1.807) is 0 Å². The normalized spacial score (nSPS) is 13.9. The summed E-state index contributed by atoms with van der Waals surface area (Å²) in [6.07, 6.45) is 65.1. The lowest BCUT2D eigenvalue weighted by molar-refractivity contribution is -0.161. The maximum atomic E-state index is 13.1. The Labute approximate surface area is 626 Å². The van der Waals surface area contributed by atoms with Crippen LogP contribution in [0.3, 0.4) is 0 Å². The molecule has 5 atom stereocenters. The molecule has 0 aliphatic heterocycles. The molecule has 0 radical (unpaired) electrons. The molecular weight excluding hydrogens is 1330 g/mol. The van der Waals surface area contributed by atoms with Gasteiger partial charge in [-0.2, -0.15) is 0 Å². The first-order chi connectivity index (χ1) is 49.4. The quantitative estimate of drug-likeness (QED) is 0.0222. The summed E-state index contributed by atoms with van der Waals surface area (Å²) in [6.45, 7) is 9.67. The van der Waals surface area contributed by atoms with E-state index in [0.29, 0.717) is 25.7 Å². The van der Waals surface area contributed by atoms with Crippen LogP contribution < -0.4 is 0 Å². The molecule has 606 valence electrons. The largest absolute Gasteiger partial charge is 0.472 e. The van der Waals surface area contributed by atoms with Gasteiger partial charge in [0.2, 0.25) is 0 Å². The predicted molar refractivity (Wildman–Crippen MR) is 418 cm³/mol. The number of unbranched alkanes of at least 4 members (excludes halogenated alkanes) is 52. The number of hydrogen-bond donors (Lipinski definition) is 3. The second-order valence-electron chi connectivity index (χ2n) is 30.8. The van der Waals surface area contributed by atoms with Crippen molar-refractivity contribution < 1.29 is 80.2 Å². The zero-order valence-corrected chi connectivity index (χ0v) is 68.7. The van der Waals surface area contributed by atoms with Crippen molar-refractivity contribution in [3.05, 3.63) is 0 Å². The second-order valence-corrected chi connectivity index (χ2v) is 33.7. The fourth-order valence-electron chi connectivity index (χ4n) is 12.9. The average Bonchev–Trinajstić information content (AvgIpc) is 0.937. The first-order valence-corrected chi connectivity index (χ1v) is 46.0. The summed E-state index contributed by atoms with van der Waals surface area (Å²) < 4.78 is 68.8. The molecule has 0 aromatic heterocycles. The number of phosphoric ester groups is 2. The van der Waals surface area contributed by atoms with Gasteiger partial charge in [0.15, 0.2) is 12.2 Å². The van der Waals surface area contributed by atoms with Crippen LogP contribution in [0.5, 0.6) is 0 Å². The van der Waals surface area contributed by atoms with Crippen molar-refractivity contribution in [2.24, 2.45) is 11.8 Å². The second kappa shape index (κ2) is 74.5. The van der Waals surface area contributed by atoms with Gasteiger partial charge in [-0.1, -0.05) is 388 Å². The molecule has 17 nitrogen and oxygen atoms in total. The fraction of sp³-hybridized carbons (Fsp3) is 0.952. The molecule has 0 aliphatic rings. The van der Waals surface area contributed by atoms with Gasteiger partial charge in [-0.3, -0.25) is 37.3 Å². The van der Waals surface area contributed by atoms with Crippen LogP contribution in [-0.2, 0) is 65.4 Å². The standard InChI is InChI=1S/C83H162O17P2/c1-7-9-11-13-15-17-19-21-23-27-31-35-41-47-53-59-65-80(85)93-71-78(99-82(87)68-62-56-50-43-37-33-29-25-26-30-34-39-45-51-57-63-75(3)4)73-97-101(89,90)95-69-77(84)70-96-102(91,92)98-74-79(72-94-81(86)66-60-54-48-44-38-40-46-52-58-64-76(5)6)100-83(88)67-61-55-49-42-36-32-28-24-22-20-18-16-14-12-10-8-2/h75-79,84H,7-74H2,1-6H3,(H,89,90)(H,91,92)/t77-,78-,79-/m1/s1. The minimum Gasteiger partial charge on any atom is -0.462 e. The summed E-state index contributed by atoms with van der Waals surface area (Å²) >= 11 is 0. The van der Waals surface area contributed by atoms with Crippen LogP contribution in [-0.4, -0.2) is 96.7 Å². The number of carbonyl (C=O) groups excluding carboxylic acids is 4. The van der Waals surface area contributed by atoms with Crippen LogP contribution in [0.4, 0.5) is 0 Å². The number of hydrogen-bond acceptors (Lipinski definition) is 15. The molecule has 102 heavy (non-hydrogen) atoms. The van der Waals surface area contributed by atoms with E-state index < -0.39 is 97.5 Å². The Morgan fingerprint density at radius 2 is 0.451 bits per heavy atom. The van der Waals surface area contributed by atoms with Crippen molar-refractivity contribution >= 4 is 39.5 Å². The Bertz CT molecular complexity index is 1960. The highest BCUT2D eigenvalue weighted by Gasteiger charge is 2.30. The summed E-state index contributed by atoms with van der Waals surface area (Å²) in [5.74, 6) is -0.557.